The van der Waals surface area contributed by atoms with E-state index < -0.39 is 5.66 Å². The molecule has 5 fully saturated rings. The Labute approximate surface area is 143 Å². The third kappa shape index (κ3) is 2.81. The zero-order chi connectivity index (χ0) is 16.4. The molecule has 0 radical (unpaired) electrons. The van der Waals surface area contributed by atoms with Gasteiger partial charge in [0.25, 0.3) is 0 Å². The van der Waals surface area contributed by atoms with E-state index in [0.29, 0.717) is 24.4 Å². The van der Waals surface area contributed by atoms with Gasteiger partial charge in [-0.15, -0.1) is 0 Å². The first-order chi connectivity index (χ1) is 11.5. The molecule has 4 atom stereocenters. The number of rotatable bonds is 8. The molecule has 0 spiro atoms. The molecule has 4 heterocycles. The number of epoxide rings is 4. The molecule has 0 aromatic heterocycles. The zero-order valence-electron chi connectivity index (χ0n) is 14.4. The Morgan fingerprint density at radius 2 is 1.08 bits per heavy atom. The van der Waals surface area contributed by atoms with Crippen molar-refractivity contribution in [3.63, 3.8) is 0 Å². The van der Waals surface area contributed by atoms with Crippen LogP contribution in [0, 0.1) is 10.8 Å². The fourth-order valence-corrected chi connectivity index (χ4v) is 5.66. The maximum atomic E-state index is 6.86. The summed E-state index contributed by atoms with van der Waals surface area (Å²) in [6.45, 7) is 3.45. The summed E-state index contributed by atoms with van der Waals surface area (Å²) in [7, 11) is 0. The van der Waals surface area contributed by atoms with Crippen LogP contribution in [0.3, 0.4) is 0 Å². The third-order valence-electron chi connectivity index (χ3n) is 7.15. The van der Waals surface area contributed by atoms with E-state index in [-0.39, 0.29) is 10.8 Å². The molecular weight excluding hydrogens is 308 g/mol. The van der Waals surface area contributed by atoms with E-state index in [1.807, 2.05) is 0 Å². The molecule has 5 aliphatic rings. The molecule has 1 saturated carbocycles. The number of hydrogen-bond acceptors (Lipinski definition) is 6. The SMILES string of the molecule is NC1(N)CCCC(CC2CO2)(CC2CO2)C1(CC1CO1)CC1CO1. The molecule has 4 N–H and O–H groups in total. The van der Waals surface area contributed by atoms with Gasteiger partial charge in [-0.1, -0.05) is 0 Å². The van der Waals surface area contributed by atoms with Gasteiger partial charge in [-0.3, -0.25) is 0 Å². The van der Waals surface area contributed by atoms with Gasteiger partial charge in [-0.25, -0.2) is 0 Å². The van der Waals surface area contributed by atoms with E-state index in [2.05, 4.69) is 0 Å². The topological polar surface area (TPSA) is 102 Å². The van der Waals surface area contributed by atoms with Crippen LogP contribution in [0.4, 0.5) is 0 Å². The van der Waals surface area contributed by atoms with Crippen molar-refractivity contribution >= 4 is 0 Å². The molecule has 6 heteroatoms. The average Bonchev–Trinajstić information content (AvgIpc) is 3.32. The van der Waals surface area contributed by atoms with Gasteiger partial charge in [0, 0.05) is 5.41 Å². The van der Waals surface area contributed by atoms with Crippen LogP contribution in [0.15, 0.2) is 0 Å². The summed E-state index contributed by atoms with van der Waals surface area (Å²) in [6.07, 6.45) is 8.54. The number of ether oxygens (including phenoxy) is 4. The predicted octanol–water partition coefficient (Wildman–Crippen LogP) is 0.912. The van der Waals surface area contributed by atoms with Gasteiger partial charge in [-0.05, 0) is 50.4 Å². The quantitative estimate of drug-likeness (QED) is 0.504. The first-order valence-corrected chi connectivity index (χ1v) is 9.56. The molecule has 136 valence electrons. The summed E-state index contributed by atoms with van der Waals surface area (Å²) in [6, 6.07) is 0. The van der Waals surface area contributed by atoms with Crippen LogP contribution in [-0.4, -0.2) is 56.5 Å². The van der Waals surface area contributed by atoms with Crippen molar-refractivity contribution in [1.29, 1.82) is 0 Å². The van der Waals surface area contributed by atoms with Gasteiger partial charge < -0.3 is 30.4 Å². The zero-order valence-corrected chi connectivity index (χ0v) is 14.4. The van der Waals surface area contributed by atoms with Gasteiger partial charge in [0.05, 0.1) is 56.5 Å². The Morgan fingerprint density at radius 3 is 1.50 bits per heavy atom. The van der Waals surface area contributed by atoms with Crippen LogP contribution in [-0.2, 0) is 18.9 Å². The molecule has 0 aromatic carbocycles. The van der Waals surface area contributed by atoms with Gasteiger partial charge in [0.1, 0.15) is 0 Å². The molecule has 4 unspecified atom stereocenters. The average molecular weight is 338 g/mol. The minimum absolute atomic E-state index is 0.0784. The van der Waals surface area contributed by atoms with Crippen molar-refractivity contribution in [2.45, 2.75) is 75.0 Å². The van der Waals surface area contributed by atoms with Crippen molar-refractivity contribution < 1.29 is 18.9 Å². The molecule has 0 bridgehead atoms. The smallest absolute Gasteiger partial charge is 0.0816 e. The summed E-state index contributed by atoms with van der Waals surface area (Å²) in [5, 5.41) is 0. The minimum Gasteiger partial charge on any atom is -0.373 e. The molecule has 1 aliphatic carbocycles. The summed E-state index contributed by atoms with van der Waals surface area (Å²) in [5.74, 6) is 0. The third-order valence-corrected chi connectivity index (χ3v) is 7.15. The minimum atomic E-state index is -0.674. The van der Waals surface area contributed by atoms with Crippen molar-refractivity contribution in [2.75, 3.05) is 26.4 Å². The summed E-state index contributed by atoms with van der Waals surface area (Å²) in [5.41, 5.74) is 13.0. The van der Waals surface area contributed by atoms with Crippen molar-refractivity contribution in [3.8, 4) is 0 Å². The van der Waals surface area contributed by atoms with Crippen LogP contribution in [0.5, 0.6) is 0 Å². The van der Waals surface area contributed by atoms with E-state index in [9.17, 15) is 0 Å². The van der Waals surface area contributed by atoms with Crippen LogP contribution >= 0.6 is 0 Å². The lowest BCUT2D eigenvalue weighted by molar-refractivity contribution is -0.117. The number of nitrogens with two attached hydrogens (primary N) is 2. The Morgan fingerprint density at radius 1 is 0.667 bits per heavy atom. The first-order valence-electron chi connectivity index (χ1n) is 9.56. The lowest BCUT2D eigenvalue weighted by atomic mass is 9.45. The van der Waals surface area contributed by atoms with Gasteiger partial charge in [-0.2, -0.15) is 0 Å². The second kappa shape index (κ2) is 5.38. The molecule has 5 rings (SSSR count). The Balaban J connectivity index is 1.55. The molecule has 24 heavy (non-hydrogen) atoms. The highest BCUT2D eigenvalue weighted by Gasteiger charge is 2.66. The molecule has 4 saturated heterocycles. The lowest BCUT2D eigenvalue weighted by Gasteiger charge is -2.62. The summed E-state index contributed by atoms with van der Waals surface area (Å²) in [4.78, 5) is 0. The van der Waals surface area contributed by atoms with E-state index in [1.165, 1.54) is 6.42 Å². The highest BCUT2D eigenvalue weighted by atomic mass is 16.6. The molecule has 0 aromatic rings. The van der Waals surface area contributed by atoms with Crippen molar-refractivity contribution in [1.82, 2.24) is 0 Å². The Hall–Kier alpha value is -0.240. The van der Waals surface area contributed by atoms with Crippen LogP contribution in [0.2, 0.25) is 0 Å². The second-order valence-electron chi connectivity index (χ2n) is 8.89. The van der Waals surface area contributed by atoms with Gasteiger partial charge in [0.2, 0.25) is 0 Å². The van der Waals surface area contributed by atoms with Gasteiger partial charge in [0.15, 0.2) is 0 Å². The standard InChI is InChI=1S/C18H30N2O4/c19-18(20)3-1-2-16(4-12-8-21-12,5-13-9-22-13)17(18,6-14-10-23-14)7-15-11-24-15/h12-15H,1-11,19-20H2. The second-order valence-corrected chi connectivity index (χ2v) is 8.89. The van der Waals surface area contributed by atoms with Crippen LogP contribution in [0.25, 0.3) is 0 Å². The molecule has 4 aliphatic heterocycles. The fraction of sp³-hybridized carbons (Fsp3) is 1.00. The molecule has 0 amide bonds. The predicted molar refractivity (Wildman–Crippen MR) is 87.3 cm³/mol. The maximum Gasteiger partial charge on any atom is 0.0816 e. The molecular formula is C18H30N2O4. The largest absolute Gasteiger partial charge is 0.373 e. The Kier molecular flexibility index (Phi) is 3.58. The van der Waals surface area contributed by atoms with E-state index in [0.717, 1.165) is 65.0 Å². The lowest BCUT2D eigenvalue weighted by Crippen LogP contribution is -2.71. The number of hydrogen-bond donors (Lipinski definition) is 2. The monoisotopic (exact) mass is 338 g/mol. The van der Waals surface area contributed by atoms with E-state index in [1.54, 1.807) is 0 Å². The summed E-state index contributed by atoms with van der Waals surface area (Å²) >= 11 is 0. The maximum absolute atomic E-state index is 6.86. The highest BCUT2D eigenvalue weighted by Crippen LogP contribution is 2.65. The van der Waals surface area contributed by atoms with Crippen LogP contribution < -0.4 is 11.5 Å². The fourth-order valence-electron chi connectivity index (χ4n) is 5.66. The highest BCUT2D eigenvalue weighted by molar-refractivity contribution is 5.16. The van der Waals surface area contributed by atoms with Crippen molar-refractivity contribution in [3.05, 3.63) is 0 Å². The summed E-state index contributed by atoms with van der Waals surface area (Å²) < 4.78 is 22.6. The first kappa shape index (κ1) is 16.0. The Bertz CT molecular complexity index is 467. The van der Waals surface area contributed by atoms with E-state index in [4.69, 9.17) is 30.4 Å². The van der Waals surface area contributed by atoms with Crippen molar-refractivity contribution in [2.24, 2.45) is 22.3 Å². The normalized spacial score (nSPS) is 51.2. The van der Waals surface area contributed by atoms with E-state index >= 15 is 0 Å². The van der Waals surface area contributed by atoms with Crippen LogP contribution in [0.1, 0.15) is 44.9 Å². The van der Waals surface area contributed by atoms with Gasteiger partial charge >= 0.3 is 0 Å². The molecule has 6 nitrogen and oxygen atoms in total.